The van der Waals surface area contributed by atoms with Gasteiger partial charge in [-0.05, 0) is 29.5 Å². The number of rotatable bonds is 4. The third-order valence-electron chi connectivity index (χ3n) is 5.29. The maximum Gasteiger partial charge on any atom is 0.417 e. The summed E-state index contributed by atoms with van der Waals surface area (Å²) < 4.78 is 33.4. The van der Waals surface area contributed by atoms with E-state index in [-0.39, 0.29) is 16.4 Å². The number of H-pyrrole nitrogens is 1. The normalized spacial score (nSPS) is 17.9. The molecular formula is C18H18N4O5S2. The summed E-state index contributed by atoms with van der Waals surface area (Å²) in [4.78, 5) is 26.1. The summed E-state index contributed by atoms with van der Waals surface area (Å²) >= 11 is 1.80. The van der Waals surface area contributed by atoms with Gasteiger partial charge in [-0.3, -0.25) is 9.78 Å². The Morgan fingerprint density at radius 2 is 2.07 bits per heavy atom. The number of thioether (sulfide) groups is 1. The Bertz CT molecular complexity index is 1320. The van der Waals surface area contributed by atoms with Gasteiger partial charge in [-0.1, -0.05) is 0 Å². The van der Waals surface area contributed by atoms with E-state index in [1.54, 1.807) is 17.8 Å². The van der Waals surface area contributed by atoms with E-state index >= 15 is 0 Å². The fourth-order valence-corrected chi connectivity index (χ4v) is 6.27. The fraction of sp³-hybridized carbons (Fsp3) is 0.389. The van der Waals surface area contributed by atoms with E-state index in [1.807, 2.05) is 0 Å². The first-order valence-corrected chi connectivity index (χ1v) is 11.8. The van der Waals surface area contributed by atoms with Crippen molar-refractivity contribution in [3.05, 3.63) is 56.4 Å². The van der Waals surface area contributed by atoms with Gasteiger partial charge in [0.2, 0.25) is 10.0 Å². The third-order valence-corrected chi connectivity index (χ3v) is 8.12. The van der Waals surface area contributed by atoms with Gasteiger partial charge in [0, 0.05) is 37.2 Å². The van der Waals surface area contributed by atoms with Crippen LogP contribution in [0.3, 0.4) is 0 Å². The first-order valence-electron chi connectivity index (χ1n) is 9.21. The summed E-state index contributed by atoms with van der Waals surface area (Å²) in [6.07, 6.45) is 0.851. The molecule has 1 fully saturated rings. The Hall–Kier alpha value is -2.37. The second-order valence-electron chi connectivity index (χ2n) is 7.30. The molecule has 152 valence electrons. The van der Waals surface area contributed by atoms with Gasteiger partial charge in [-0.15, -0.1) is 0 Å². The lowest BCUT2D eigenvalue weighted by Gasteiger charge is -2.38. The zero-order valence-electron chi connectivity index (χ0n) is 15.3. The van der Waals surface area contributed by atoms with E-state index in [2.05, 4.69) is 10.1 Å². The second kappa shape index (κ2) is 6.85. The number of aryl methyl sites for hydroxylation is 1. The van der Waals surface area contributed by atoms with E-state index in [4.69, 9.17) is 4.42 Å². The SMILES string of the molecule is O=c1[nH]c2cc(S(=O)(=O)N3CC(Cn4nc5c(cc4=O)CSCC5)C3)ccc2o1. The Balaban J connectivity index is 1.31. The van der Waals surface area contributed by atoms with Crippen LogP contribution < -0.4 is 11.3 Å². The topological polar surface area (TPSA) is 118 Å². The first-order chi connectivity index (χ1) is 13.9. The molecule has 0 bridgehead atoms. The van der Waals surface area contributed by atoms with Gasteiger partial charge >= 0.3 is 5.76 Å². The van der Waals surface area contributed by atoms with Crippen molar-refractivity contribution in [2.45, 2.75) is 23.6 Å². The van der Waals surface area contributed by atoms with Crippen LogP contribution in [-0.4, -0.2) is 46.3 Å². The number of hydrogen-bond acceptors (Lipinski definition) is 7. The highest BCUT2D eigenvalue weighted by Gasteiger charge is 2.37. The van der Waals surface area contributed by atoms with Crippen LogP contribution in [0.5, 0.6) is 0 Å². The van der Waals surface area contributed by atoms with Crippen LogP contribution in [0.2, 0.25) is 0 Å². The summed E-state index contributed by atoms with van der Waals surface area (Å²) in [7, 11) is -3.68. The molecule has 2 aliphatic rings. The highest BCUT2D eigenvalue weighted by Crippen LogP contribution is 2.28. The number of aromatic amines is 1. The van der Waals surface area contributed by atoms with E-state index in [0.717, 1.165) is 29.2 Å². The lowest BCUT2D eigenvalue weighted by Crippen LogP contribution is -2.52. The monoisotopic (exact) mass is 434 g/mol. The van der Waals surface area contributed by atoms with Gasteiger partial charge in [0.25, 0.3) is 5.56 Å². The quantitative estimate of drug-likeness (QED) is 0.645. The number of nitrogens with zero attached hydrogens (tertiary/aromatic N) is 3. The minimum Gasteiger partial charge on any atom is -0.408 e. The maximum absolute atomic E-state index is 12.8. The molecular weight excluding hydrogens is 416 g/mol. The average molecular weight is 434 g/mol. The smallest absolute Gasteiger partial charge is 0.408 e. The highest BCUT2D eigenvalue weighted by atomic mass is 32.2. The summed E-state index contributed by atoms with van der Waals surface area (Å²) in [5, 5.41) is 4.50. The molecule has 2 aliphatic heterocycles. The van der Waals surface area contributed by atoms with Crippen LogP contribution in [0.25, 0.3) is 11.1 Å². The van der Waals surface area contributed by atoms with Crippen molar-refractivity contribution in [2.75, 3.05) is 18.8 Å². The second-order valence-corrected chi connectivity index (χ2v) is 10.3. The minimum atomic E-state index is -3.68. The van der Waals surface area contributed by atoms with Gasteiger partial charge < -0.3 is 4.42 Å². The van der Waals surface area contributed by atoms with Crippen LogP contribution >= 0.6 is 11.8 Å². The van der Waals surface area contributed by atoms with Gasteiger partial charge in [0.15, 0.2) is 5.58 Å². The van der Waals surface area contributed by atoms with Crippen molar-refractivity contribution in [1.29, 1.82) is 0 Å². The lowest BCUT2D eigenvalue weighted by molar-refractivity contribution is 0.172. The molecule has 0 saturated carbocycles. The van der Waals surface area contributed by atoms with Gasteiger partial charge in [0.05, 0.1) is 22.7 Å². The number of benzene rings is 1. The third kappa shape index (κ3) is 3.32. The molecule has 0 aliphatic carbocycles. The van der Waals surface area contributed by atoms with E-state index in [0.29, 0.717) is 30.7 Å². The predicted molar refractivity (Wildman–Crippen MR) is 107 cm³/mol. The van der Waals surface area contributed by atoms with Crippen LogP contribution in [0.4, 0.5) is 0 Å². The Morgan fingerprint density at radius 1 is 1.24 bits per heavy atom. The molecule has 0 unspecified atom stereocenters. The molecule has 0 amide bonds. The molecule has 2 aromatic heterocycles. The first kappa shape index (κ1) is 18.6. The number of oxazole rings is 1. The van der Waals surface area contributed by atoms with Crippen LogP contribution in [0.15, 0.2) is 43.2 Å². The summed E-state index contributed by atoms with van der Waals surface area (Å²) in [6.45, 7) is 1.05. The number of hydrogen-bond donors (Lipinski definition) is 1. The Labute approximate surface area is 169 Å². The molecule has 0 radical (unpaired) electrons. The fourth-order valence-electron chi connectivity index (χ4n) is 3.70. The number of aromatic nitrogens is 3. The molecule has 4 heterocycles. The number of fused-ring (bicyclic) bond motifs is 2. The Morgan fingerprint density at radius 3 is 2.90 bits per heavy atom. The maximum atomic E-state index is 12.8. The van der Waals surface area contributed by atoms with E-state index < -0.39 is 15.8 Å². The number of nitrogens with one attached hydrogen (secondary N) is 1. The predicted octanol–water partition coefficient (Wildman–Crippen LogP) is 0.788. The Kier molecular flexibility index (Phi) is 4.41. The highest BCUT2D eigenvalue weighted by molar-refractivity contribution is 7.98. The summed E-state index contributed by atoms with van der Waals surface area (Å²) in [6, 6.07) is 5.95. The molecule has 29 heavy (non-hydrogen) atoms. The molecule has 0 atom stereocenters. The van der Waals surface area contributed by atoms with Gasteiger partial charge in [-0.2, -0.15) is 21.2 Å². The lowest BCUT2D eigenvalue weighted by atomic mass is 10.0. The van der Waals surface area contributed by atoms with Crippen LogP contribution in [0, 0.1) is 5.92 Å². The van der Waals surface area contributed by atoms with Crippen molar-refractivity contribution in [1.82, 2.24) is 19.1 Å². The van der Waals surface area contributed by atoms with Crippen molar-refractivity contribution < 1.29 is 12.8 Å². The summed E-state index contributed by atoms with van der Waals surface area (Å²) in [5.41, 5.74) is 2.49. The van der Waals surface area contributed by atoms with Gasteiger partial charge in [0.1, 0.15) is 0 Å². The molecule has 0 spiro atoms. The van der Waals surface area contributed by atoms with Crippen LogP contribution in [-0.2, 0) is 28.7 Å². The van der Waals surface area contributed by atoms with Crippen molar-refractivity contribution in [3.8, 4) is 0 Å². The van der Waals surface area contributed by atoms with E-state index in [1.165, 1.54) is 27.2 Å². The largest absolute Gasteiger partial charge is 0.417 e. The standard InChI is InChI=1S/C18H18N4O5S2/c23-17-5-12-10-28-4-3-14(12)20-22(17)9-11-7-21(8-11)29(25,26)13-1-2-16-15(6-13)19-18(24)27-16/h1-2,5-6,11H,3-4,7-10H2,(H,19,24). The van der Waals surface area contributed by atoms with Crippen molar-refractivity contribution in [2.24, 2.45) is 5.92 Å². The minimum absolute atomic E-state index is 0.0310. The van der Waals surface area contributed by atoms with Crippen LogP contribution in [0.1, 0.15) is 11.3 Å². The average Bonchev–Trinajstić information content (AvgIpc) is 3.03. The zero-order chi connectivity index (χ0) is 20.2. The van der Waals surface area contributed by atoms with E-state index in [9.17, 15) is 18.0 Å². The molecule has 1 saturated heterocycles. The molecule has 9 nitrogen and oxygen atoms in total. The number of sulfonamides is 1. The molecule has 1 N–H and O–H groups in total. The molecule has 11 heteroatoms. The molecule has 1 aromatic carbocycles. The van der Waals surface area contributed by atoms with Crippen molar-refractivity contribution >= 4 is 32.9 Å². The van der Waals surface area contributed by atoms with Crippen molar-refractivity contribution in [3.63, 3.8) is 0 Å². The van der Waals surface area contributed by atoms with Gasteiger partial charge in [-0.25, -0.2) is 17.9 Å². The molecule has 5 rings (SSSR count). The molecule has 3 aromatic rings. The summed E-state index contributed by atoms with van der Waals surface area (Å²) in [5.74, 6) is 1.23. The zero-order valence-corrected chi connectivity index (χ0v) is 17.0.